The lowest BCUT2D eigenvalue weighted by molar-refractivity contribution is 0.118. The summed E-state index contributed by atoms with van der Waals surface area (Å²) in [6.07, 6.45) is 8.92. The number of nitrogens with one attached hydrogen (secondary N) is 1. The molecular formula is C14H24N4O. The van der Waals surface area contributed by atoms with Gasteiger partial charge in [0, 0.05) is 19.0 Å². The molecule has 3 rings (SSSR count). The van der Waals surface area contributed by atoms with Gasteiger partial charge in [-0.1, -0.05) is 19.3 Å². The molecule has 0 amide bonds. The second-order valence-corrected chi connectivity index (χ2v) is 5.83. The molecule has 2 unspecified atom stereocenters. The maximum atomic E-state index is 10.1. The lowest BCUT2D eigenvalue weighted by atomic mass is 10.1. The molecule has 0 radical (unpaired) electrons. The minimum absolute atomic E-state index is 0.203. The number of rotatable bonds is 3. The molecular weight excluding hydrogens is 240 g/mol. The van der Waals surface area contributed by atoms with Gasteiger partial charge in [0.05, 0.1) is 12.6 Å². The summed E-state index contributed by atoms with van der Waals surface area (Å²) in [5.41, 5.74) is 0. The highest BCUT2D eigenvalue weighted by atomic mass is 16.3. The Morgan fingerprint density at radius 3 is 2.95 bits per heavy atom. The van der Waals surface area contributed by atoms with Gasteiger partial charge in [-0.05, 0) is 25.7 Å². The van der Waals surface area contributed by atoms with Crippen LogP contribution in [0.15, 0.2) is 0 Å². The highest BCUT2D eigenvalue weighted by Gasteiger charge is 2.22. The summed E-state index contributed by atoms with van der Waals surface area (Å²) in [6, 6.07) is 0.221. The maximum absolute atomic E-state index is 10.1. The summed E-state index contributed by atoms with van der Waals surface area (Å²) in [5.74, 6) is 2.16. The third-order valence-electron chi connectivity index (χ3n) is 4.44. The van der Waals surface area contributed by atoms with E-state index in [-0.39, 0.29) is 12.1 Å². The van der Waals surface area contributed by atoms with Crippen LogP contribution >= 0.6 is 0 Å². The van der Waals surface area contributed by atoms with Gasteiger partial charge in [-0.25, -0.2) is 0 Å². The van der Waals surface area contributed by atoms with Crippen molar-refractivity contribution >= 4 is 0 Å². The molecule has 0 aromatic carbocycles. The Kier molecular flexibility index (Phi) is 4.13. The molecule has 106 valence electrons. The van der Waals surface area contributed by atoms with E-state index < -0.39 is 0 Å². The Labute approximate surface area is 114 Å². The van der Waals surface area contributed by atoms with Gasteiger partial charge < -0.3 is 15.0 Å². The van der Waals surface area contributed by atoms with Crippen molar-refractivity contribution in [2.24, 2.45) is 0 Å². The third-order valence-corrected chi connectivity index (χ3v) is 4.44. The average molecular weight is 264 g/mol. The molecule has 0 spiro atoms. The zero-order valence-electron chi connectivity index (χ0n) is 11.5. The lowest BCUT2D eigenvalue weighted by Crippen LogP contribution is -2.39. The maximum Gasteiger partial charge on any atom is 0.147 e. The van der Waals surface area contributed by atoms with Crippen molar-refractivity contribution in [2.45, 2.75) is 76.6 Å². The Hall–Kier alpha value is -0.940. The van der Waals surface area contributed by atoms with E-state index in [1.807, 2.05) is 0 Å². The van der Waals surface area contributed by atoms with E-state index in [4.69, 9.17) is 0 Å². The van der Waals surface area contributed by atoms with E-state index in [0.717, 1.165) is 50.4 Å². The van der Waals surface area contributed by atoms with Crippen LogP contribution in [0.3, 0.4) is 0 Å². The van der Waals surface area contributed by atoms with Crippen molar-refractivity contribution in [1.29, 1.82) is 0 Å². The van der Waals surface area contributed by atoms with E-state index in [2.05, 4.69) is 20.1 Å². The molecule has 0 saturated heterocycles. The number of nitrogens with zero attached hydrogens (tertiary/aromatic N) is 3. The Balaban J connectivity index is 1.60. The Bertz CT molecular complexity index is 418. The van der Waals surface area contributed by atoms with Crippen molar-refractivity contribution in [2.75, 3.05) is 0 Å². The molecule has 2 atom stereocenters. The number of hydrogen-bond acceptors (Lipinski definition) is 4. The van der Waals surface area contributed by atoms with Crippen LogP contribution in [-0.4, -0.2) is 32.0 Å². The van der Waals surface area contributed by atoms with Crippen LogP contribution < -0.4 is 5.32 Å². The lowest BCUT2D eigenvalue weighted by Gasteiger charge is -2.22. The first-order chi connectivity index (χ1) is 9.34. The van der Waals surface area contributed by atoms with Gasteiger partial charge in [-0.2, -0.15) is 0 Å². The molecule has 1 fully saturated rings. The fourth-order valence-electron chi connectivity index (χ4n) is 3.25. The van der Waals surface area contributed by atoms with E-state index in [9.17, 15) is 5.11 Å². The fourth-order valence-corrected chi connectivity index (χ4v) is 3.25. The predicted octanol–water partition coefficient (Wildman–Crippen LogP) is 1.40. The SMILES string of the molecule is OC1CCCCCC1NCc1nnc2n1CCCC2. The van der Waals surface area contributed by atoms with Crippen molar-refractivity contribution in [3.63, 3.8) is 0 Å². The quantitative estimate of drug-likeness (QED) is 0.810. The van der Waals surface area contributed by atoms with Crippen molar-refractivity contribution in [1.82, 2.24) is 20.1 Å². The summed E-state index contributed by atoms with van der Waals surface area (Å²) < 4.78 is 2.25. The summed E-state index contributed by atoms with van der Waals surface area (Å²) in [5, 5.41) is 22.2. The van der Waals surface area contributed by atoms with E-state index in [1.165, 1.54) is 25.7 Å². The highest BCUT2D eigenvalue weighted by Crippen LogP contribution is 2.19. The second kappa shape index (κ2) is 6.01. The summed E-state index contributed by atoms with van der Waals surface area (Å²) >= 11 is 0. The first-order valence-electron chi connectivity index (χ1n) is 7.67. The molecule has 2 heterocycles. The Morgan fingerprint density at radius 1 is 1.11 bits per heavy atom. The third kappa shape index (κ3) is 2.98. The molecule has 2 aliphatic rings. The van der Waals surface area contributed by atoms with Crippen LogP contribution in [0, 0.1) is 0 Å². The molecule has 0 bridgehead atoms. The molecule has 1 saturated carbocycles. The summed E-state index contributed by atoms with van der Waals surface area (Å²) in [7, 11) is 0. The highest BCUT2D eigenvalue weighted by molar-refractivity contribution is 4.99. The standard InChI is InChI=1S/C14H24N4O/c19-12-7-3-1-2-6-11(12)15-10-14-17-16-13-8-4-5-9-18(13)14/h11-12,15,19H,1-10H2. The summed E-state index contributed by atoms with van der Waals surface area (Å²) in [4.78, 5) is 0. The molecule has 2 N–H and O–H groups in total. The molecule has 1 aliphatic carbocycles. The van der Waals surface area contributed by atoms with Gasteiger partial charge >= 0.3 is 0 Å². The normalized spacial score (nSPS) is 27.8. The van der Waals surface area contributed by atoms with Gasteiger partial charge in [-0.15, -0.1) is 10.2 Å². The first-order valence-corrected chi connectivity index (χ1v) is 7.67. The van der Waals surface area contributed by atoms with Gasteiger partial charge in [-0.3, -0.25) is 0 Å². The average Bonchev–Trinajstić information content (AvgIpc) is 2.73. The fraction of sp³-hybridized carbons (Fsp3) is 0.857. The molecule has 1 aromatic heterocycles. The van der Waals surface area contributed by atoms with Crippen molar-refractivity contribution in [3.8, 4) is 0 Å². The van der Waals surface area contributed by atoms with Crippen molar-refractivity contribution in [3.05, 3.63) is 11.6 Å². The Morgan fingerprint density at radius 2 is 2.00 bits per heavy atom. The first kappa shape index (κ1) is 13.1. The van der Waals surface area contributed by atoms with Gasteiger partial charge in [0.1, 0.15) is 11.6 Å². The number of aryl methyl sites for hydroxylation is 1. The van der Waals surface area contributed by atoms with Crippen LogP contribution in [0.2, 0.25) is 0 Å². The van der Waals surface area contributed by atoms with Crippen molar-refractivity contribution < 1.29 is 5.11 Å². The molecule has 19 heavy (non-hydrogen) atoms. The van der Waals surface area contributed by atoms with Crippen LogP contribution in [0.1, 0.15) is 56.6 Å². The molecule has 5 nitrogen and oxygen atoms in total. The number of hydrogen-bond donors (Lipinski definition) is 2. The van der Waals surface area contributed by atoms with Crippen LogP contribution in [0.4, 0.5) is 0 Å². The van der Waals surface area contributed by atoms with Crippen LogP contribution in [0.5, 0.6) is 0 Å². The second-order valence-electron chi connectivity index (χ2n) is 5.83. The van der Waals surface area contributed by atoms with E-state index in [1.54, 1.807) is 0 Å². The monoisotopic (exact) mass is 264 g/mol. The van der Waals surface area contributed by atoms with Gasteiger partial charge in [0.2, 0.25) is 0 Å². The topological polar surface area (TPSA) is 63.0 Å². The molecule has 5 heteroatoms. The predicted molar refractivity (Wildman–Crippen MR) is 72.7 cm³/mol. The number of aromatic nitrogens is 3. The molecule has 1 aliphatic heterocycles. The van der Waals surface area contributed by atoms with Crippen LogP contribution in [-0.2, 0) is 19.5 Å². The zero-order chi connectivity index (χ0) is 13.1. The number of fused-ring (bicyclic) bond motifs is 1. The van der Waals surface area contributed by atoms with Crippen LogP contribution in [0.25, 0.3) is 0 Å². The number of aliphatic hydroxyl groups excluding tert-OH is 1. The smallest absolute Gasteiger partial charge is 0.147 e. The van der Waals surface area contributed by atoms with E-state index >= 15 is 0 Å². The molecule has 1 aromatic rings. The summed E-state index contributed by atoms with van der Waals surface area (Å²) in [6.45, 7) is 1.78. The minimum atomic E-state index is -0.203. The number of aliphatic hydroxyl groups is 1. The largest absolute Gasteiger partial charge is 0.392 e. The zero-order valence-corrected chi connectivity index (χ0v) is 11.5. The van der Waals surface area contributed by atoms with Gasteiger partial charge in [0.15, 0.2) is 0 Å². The van der Waals surface area contributed by atoms with E-state index in [0.29, 0.717) is 0 Å². The minimum Gasteiger partial charge on any atom is -0.392 e. The van der Waals surface area contributed by atoms with Gasteiger partial charge in [0.25, 0.3) is 0 Å².